The number of fused-ring (bicyclic) bond motifs is 1. The summed E-state index contributed by atoms with van der Waals surface area (Å²) < 4.78 is 19.2. The van der Waals surface area contributed by atoms with Crippen LogP contribution in [0.5, 0.6) is 0 Å². The van der Waals surface area contributed by atoms with E-state index in [9.17, 15) is 14.0 Å². The number of nitrogens with two attached hydrogens (primary N) is 1. The number of hydrogen-bond donors (Lipinski definition) is 2. The van der Waals surface area contributed by atoms with Crippen LogP contribution in [-0.4, -0.2) is 47.5 Å². The zero-order chi connectivity index (χ0) is 20.4. The Kier molecular flexibility index (Phi) is 5.31. The number of aryl methyl sites for hydroxylation is 1. The Morgan fingerprint density at radius 1 is 1.21 bits per heavy atom. The summed E-state index contributed by atoms with van der Waals surface area (Å²) in [6.07, 6.45) is -0.0744. The van der Waals surface area contributed by atoms with Crippen molar-refractivity contribution in [3.8, 4) is 11.3 Å². The van der Waals surface area contributed by atoms with Crippen LogP contribution in [0.15, 0.2) is 48.5 Å². The van der Waals surface area contributed by atoms with Gasteiger partial charge in [-0.05, 0) is 35.7 Å². The highest BCUT2D eigenvalue weighted by molar-refractivity contribution is 5.91. The molecule has 1 aliphatic heterocycles. The standard InChI is InChI=1S/C22H22FN3O3/c23-15-6-8-18-17(12-15)16(21(25-18)14-4-2-1-3-5-14)7-9-20(27)26-10-11-29-19(13-26)22(24)28/h1-6,8,12,19,25H,7,9-11,13H2,(H2,24,28). The van der Waals surface area contributed by atoms with Crippen LogP contribution in [0.3, 0.4) is 0 Å². The van der Waals surface area contributed by atoms with E-state index in [1.165, 1.54) is 12.1 Å². The molecule has 0 radical (unpaired) electrons. The number of rotatable bonds is 5. The number of ether oxygens (including phenoxy) is 1. The van der Waals surface area contributed by atoms with E-state index in [1.54, 1.807) is 11.0 Å². The molecule has 2 heterocycles. The quantitative estimate of drug-likeness (QED) is 0.696. The normalized spacial score (nSPS) is 16.9. The van der Waals surface area contributed by atoms with Crippen LogP contribution in [0.1, 0.15) is 12.0 Å². The second kappa shape index (κ2) is 8.05. The predicted molar refractivity (Wildman–Crippen MR) is 108 cm³/mol. The fourth-order valence-electron chi connectivity index (χ4n) is 3.77. The summed E-state index contributed by atoms with van der Waals surface area (Å²) in [5, 5.41) is 0.772. The van der Waals surface area contributed by atoms with Gasteiger partial charge in [-0.1, -0.05) is 30.3 Å². The molecule has 0 saturated carbocycles. The summed E-state index contributed by atoms with van der Waals surface area (Å²) in [6.45, 7) is 0.881. The topological polar surface area (TPSA) is 88.4 Å². The minimum atomic E-state index is -0.769. The van der Waals surface area contributed by atoms with Gasteiger partial charge in [0.05, 0.1) is 13.2 Å². The third kappa shape index (κ3) is 4.00. The van der Waals surface area contributed by atoms with E-state index in [4.69, 9.17) is 10.5 Å². The number of aromatic nitrogens is 1. The number of nitrogens with one attached hydrogen (secondary N) is 1. The minimum Gasteiger partial charge on any atom is -0.367 e. The minimum absolute atomic E-state index is 0.0793. The molecule has 2 amide bonds. The van der Waals surface area contributed by atoms with Gasteiger partial charge in [-0.15, -0.1) is 0 Å². The van der Waals surface area contributed by atoms with Crippen LogP contribution in [-0.2, 0) is 20.7 Å². The van der Waals surface area contributed by atoms with Crippen LogP contribution in [0.2, 0.25) is 0 Å². The average Bonchev–Trinajstić information content (AvgIpc) is 3.10. The van der Waals surface area contributed by atoms with Crippen LogP contribution in [0.4, 0.5) is 4.39 Å². The van der Waals surface area contributed by atoms with E-state index < -0.39 is 12.0 Å². The zero-order valence-corrected chi connectivity index (χ0v) is 15.9. The van der Waals surface area contributed by atoms with Gasteiger partial charge in [0, 0.05) is 29.6 Å². The number of H-pyrrole nitrogens is 1. The molecule has 1 unspecified atom stereocenters. The number of primary amides is 1. The van der Waals surface area contributed by atoms with Crippen molar-refractivity contribution in [2.75, 3.05) is 19.7 Å². The molecular weight excluding hydrogens is 373 g/mol. The highest BCUT2D eigenvalue weighted by Gasteiger charge is 2.27. The number of aromatic amines is 1. The first-order chi connectivity index (χ1) is 14.0. The van der Waals surface area contributed by atoms with Gasteiger partial charge in [-0.25, -0.2) is 4.39 Å². The zero-order valence-electron chi connectivity index (χ0n) is 15.9. The molecule has 1 atom stereocenters. The number of carbonyl (C=O) groups excluding carboxylic acids is 2. The highest BCUT2D eigenvalue weighted by Crippen LogP contribution is 2.32. The largest absolute Gasteiger partial charge is 0.367 e. The third-order valence-corrected chi connectivity index (χ3v) is 5.26. The van der Waals surface area contributed by atoms with E-state index in [0.29, 0.717) is 13.0 Å². The maximum Gasteiger partial charge on any atom is 0.248 e. The third-order valence-electron chi connectivity index (χ3n) is 5.26. The first kappa shape index (κ1) is 19.1. The van der Waals surface area contributed by atoms with Crippen molar-refractivity contribution in [1.82, 2.24) is 9.88 Å². The molecule has 29 heavy (non-hydrogen) atoms. The maximum atomic E-state index is 13.9. The average molecular weight is 395 g/mol. The number of hydrogen-bond acceptors (Lipinski definition) is 3. The number of halogens is 1. The summed E-state index contributed by atoms with van der Waals surface area (Å²) in [5.74, 6) is -0.966. The van der Waals surface area contributed by atoms with Crippen molar-refractivity contribution < 1.29 is 18.7 Å². The SMILES string of the molecule is NC(=O)C1CN(C(=O)CCc2c(-c3ccccc3)[nH]c3ccc(F)cc23)CCO1. The molecule has 1 saturated heterocycles. The molecule has 150 valence electrons. The predicted octanol–water partition coefficient (Wildman–Crippen LogP) is 2.62. The summed E-state index contributed by atoms with van der Waals surface area (Å²) in [4.78, 5) is 29.1. The van der Waals surface area contributed by atoms with Crippen LogP contribution in [0.25, 0.3) is 22.2 Å². The lowest BCUT2D eigenvalue weighted by Crippen LogP contribution is -2.50. The van der Waals surface area contributed by atoms with E-state index >= 15 is 0 Å². The summed E-state index contributed by atoms with van der Waals surface area (Å²) in [7, 11) is 0. The molecule has 6 nitrogen and oxygen atoms in total. The Bertz CT molecular complexity index is 1050. The molecule has 7 heteroatoms. The van der Waals surface area contributed by atoms with Crippen molar-refractivity contribution in [3.05, 3.63) is 59.9 Å². The van der Waals surface area contributed by atoms with Gasteiger partial charge in [0.1, 0.15) is 5.82 Å². The van der Waals surface area contributed by atoms with Gasteiger partial charge >= 0.3 is 0 Å². The van der Waals surface area contributed by atoms with Gasteiger partial charge in [0.25, 0.3) is 0 Å². The number of carbonyl (C=O) groups is 2. The number of morpholine rings is 1. The molecule has 3 aromatic rings. The summed E-state index contributed by atoms with van der Waals surface area (Å²) in [6, 6.07) is 14.4. The second-order valence-corrected chi connectivity index (χ2v) is 7.14. The lowest BCUT2D eigenvalue weighted by Gasteiger charge is -2.31. The maximum absolute atomic E-state index is 13.9. The number of nitrogens with zero attached hydrogens (tertiary/aromatic N) is 1. The summed E-state index contributed by atoms with van der Waals surface area (Å²) >= 11 is 0. The first-order valence-corrected chi connectivity index (χ1v) is 9.57. The molecule has 4 rings (SSSR count). The van der Waals surface area contributed by atoms with E-state index in [1.807, 2.05) is 30.3 Å². The van der Waals surface area contributed by atoms with Crippen molar-refractivity contribution >= 4 is 22.7 Å². The second-order valence-electron chi connectivity index (χ2n) is 7.14. The van der Waals surface area contributed by atoms with Crippen LogP contribution in [0, 0.1) is 5.82 Å². The van der Waals surface area contributed by atoms with E-state index in [-0.39, 0.29) is 31.3 Å². The summed E-state index contributed by atoms with van der Waals surface area (Å²) in [5.41, 5.74) is 8.89. The molecular formula is C22H22FN3O3. The Balaban J connectivity index is 1.59. The van der Waals surface area contributed by atoms with Gasteiger partial charge in [0.15, 0.2) is 6.10 Å². The monoisotopic (exact) mass is 395 g/mol. The van der Waals surface area contributed by atoms with Gasteiger partial charge in [-0.2, -0.15) is 0 Å². The number of amides is 2. The molecule has 0 aliphatic carbocycles. The van der Waals surface area contributed by atoms with Crippen molar-refractivity contribution in [1.29, 1.82) is 0 Å². The van der Waals surface area contributed by atoms with Gasteiger partial charge in [-0.3, -0.25) is 9.59 Å². The Labute approximate surface area is 167 Å². The smallest absolute Gasteiger partial charge is 0.248 e. The lowest BCUT2D eigenvalue weighted by atomic mass is 10.0. The van der Waals surface area contributed by atoms with Crippen LogP contribution < -0.4 is 5.73 Å². The Morgan fingerprint density at radius 2 is 2.00 bits per heavy atom. The van der Waals surface area contributed by atoms with Crippen molar-refractivity contribution in [2.45, 2.75) is 18.9 Å². The Morgan fingerprint density at radius 3 is 2.76 bits per heavy atom. The van der Waals surface area contributed by atoms with Gasteiger partial charge < -0.3 is 20.4 Å². The van der Waals surface area contributed by atoms with Crippen molar-refractivity contribution in [3.63, 3.8) is 0 Å². The van der Waals surface area contributed by atoms with Crippen LogP contribution >= 0.6 is 0 Å². The molecule has 0 spiro atoms. The number of benzene rings is 2. The van der Waals surface area contributed by atoms with E-state index in [2.05, 4.69) is 4.98 Å². The first-order valence-electron chi connectivity index (χ1n) is 9.57. The molecule has 1 aromatic heterocycles. The molecule has 1 aliphatic rings. The molecule has 0 bridgehead atoms. The molecule has 2 aromatic carbocycles. The fourth-order valence-corrected chi connectivity index (χ4v) is 3.77. The molecule has 3 N–H and O–H groups in total. The lowest BCUT2D eigenvalue weighted by molar-refractivity contribution is -0.145. The molecule has 1 fully saturated rings. The van der Waals surface area contributed by atoms with Gasteiger partial charge in [0.2, 0.25) is 11.8 Å². The van der Waals surface area contributed by atoms with E-state index in [0.717, 1.165) is 27.7 Å². The Hall–Kier alpha value is -3.19. The highest BCUT2D eigenvalue weighted by atomic mass is 19.1. The van der Waals surface area contributed by atoms with Crippen molar-refractivity contribution in [2.24, 2.45) is 5.73 Å². The fraction of sp³-hybridized carbons (Fsp3) is 0.273.